The van der Waals surface area contributed by atoms with E-state index >= 15 is 0 Å². The molecule has 0 amide bonds. The molecule has 116 valence electrons. The first-order valence-corrected chi connectivity index (χ1v) is 7.86. The highest BCUT2D eigenvalue weighted by Gasteiger charge is 2.18. The number of hydrogen-bond donors (Lipinski definition) is 0. The largest absolute Gasteiger partial charge is 0.463 e. The normalized spacial score (nSPS) is 19.0. The molecule has 1 aromatic rings. The lowest BCUT2D eigenvalue weighted by atomic mass is 9.98. The minimum absolute atomic E-state index is 0.185. The van der Waals surface area contributed by atoms with Crippen LogP contribution in [0.1, 0.15) is 39.2 Å². The van der Waals surface area contributed by atoms with Crippen LogP contribution in [-0.2, 0) is 9.53 Å². The summed E-state index contributed by atoms with van der Waals surface area (Å²) >= 11 is 0. The summed E-state index contributed by atoms with van der Waals surface area (Å²) in [5.74, 6) is 0.0479. The van der Waals surface area contributed by atoms with Gasteiger partial charge in [0, 0.05) is 12.0 Å². The lowest BCUT2D eigenvalue weighted by Gasteiger charge is -2.08. The second-order valence-electron chi connectivity index (χ2n) is 5.79. The SMILES string of the molecule is CCOC(=O)C1=CC(/C=C/c2ccccc2)CC(C)=C(C)C1. The van der Waals surface area contributed by atoms with Crippen LogP contribution < -0.4 is 0 Å². The number of hydrogen-bond acceptors (Lipinski definition) is 2. The Balaban J connectivity index is 2.22. The monoisotopic (exact) mass is 296 g/mol. The van der Waals surface area contributed by atoms with Crippen LogP contribution in [0.25, 0.3) is 6.08 Å². The van der Waals surface area contributed by atoms with E-state index in [4.69, 9.17) is 4.74 Å². The summed E-state index contributed by atoms with van der Waals surface area (Å²) in [5, 5.41) is 0. The first kappa shape index (κ1) is 16.3. The van der Waals surface area contributed by atoms with Crippen molar-refractivity contribution in [2.45, 2.75) is 33.6 Å². The van der Waals surface area contributed by atoms with Crippen molar-refractivity contribution in [2.24, 2.45) is 5.92 Å². The van der Waals surface area contributed by atoms with Crippen LogP contribution in [0, 0.1) is 5.92 Å². The summed E-state index contributed by atoms with van der Waals surface area (Å²) in [7, 11) is 0. The van der Waals surface area contributed by atoms with E-state index in [0.717, 1.165) is 12.0 Å². The molecule has 0 spiro atoms. The molecule has 1 aromatic carbocycles. The van der Waals surface area contributed by atoms with E-state index in [1.54, 1.807) is 0 Å². The second-order valence-corrected chi connectivity index (χ2v) is 5.79. The zero-order valence-corrected chi connectivity index (χ0v) is 13.6. The molecule has 0 N–H and O–H groups in total. The molecule has 0 aliphatic heterocycles. The van der Waals surface area contributed by atoms with Crippen LogP contribution in [0.3, 0.4) is 0 Å². The molecule has 0 bridgehead atoms. The Morgan fingerprint density at radius 3 is 2.64 bits per heavy atom. The number of benzene rings is 1. The Morgan fingerprint density at radius 1 is 1.23 bits per heavy atom. The van der Waals surface area contributed by atoms with E-state index in [9.17, 15) is 4.79 Å². The molecule has 22 heavy (non-hydrogen) atoms. The van der Waals surface area contributed by atoms with Crippen LogP contribution in [-0.4, -0.2) is 12.6 Å². The third kappa shape index (κ3) is 4.45. The van der Waals surface area contributed by atoms with Crippen molar-refractivity contribution >= 4 is 12.0 Å². The fourth-order valence-electron chi connectivity index (χ4n) is 2.63. The number of esters is 1. The van der Waals surface area contributed by atoms with Crippen molar-refractivity contribution < 1.29 is 9.53 Å². The maximum atomic E-state index is 12.1. The van der Waals surface area contributed by atoms with Gasteiger partial charge in [0.05, 0.1) is 6.61 Å². The van der Waals surface area contributed by atoms with E-state index in [2.05, 4.69) is 44.2 Å². The quantitative estimate of drug-likeness (QED) is 0.581. The smallest absolute Gasteiger partial charge is 0.334 e. The molecule has 0 radical (unpaired) electrons. The molecule has 1 unspecified atom stereocenters. The zero-order chi connectivity index (χ0) is 15.9. The van der Waals surface area contributed by atoms with Crippen LogP contribution in [0.5, 0.6) is 0 Å². The number of allylic oxidation sites excluding steroid dienone is 4. The molecular formula is C20H24O2. The van der Waals surface area contributed by atoms with Gasteiger partial charge in [0.15, 0.2) is 0 Å². The van der Waals surface area contributed by atoms with Crippen molar-refractivity contribution in [3.63, 3.8) is 0 Å². The summed E-state index contributed by atoms with van der Waals surface area (Å²) in [4.78, 5) is 12.1. The van der Waals surface area contributed by atoms with Gasteiger partial charge in [0.2, 0.25) is 0 Å². The molecule has 1 atom stereocenters. The first-order chi connectivity index (χ1) is 10.6. The molecule has 1 aliphatic carbocycles. The fraction of sp³-hybridized carbons (Fsp3) is 0.350. The average Bonchev–Trinajstić information content (AvgIpc) is 2.66. The molecular weight excluding hydrogens is 272 g/mol. The van der Waals surface area contributed by atoms with E-state index in [-0.39, 0.29) is 11.9 Å². The van der Waals surface area contributed by atoms with E-state index in [1.165, 1.54) is 16.7 Å². The standard InChI is InChI=1S/C20H24O2/c1-4-22-20(21)19-13-16(3)15(2)12-18(14-19)11-10-17-8-6-5-7-9-17/h5-11,14,18H,4,12-13H2,1-3H3/b11-10+. The molecule has 0 saturated carbocycles. The van der Waals surface area contributed by atoms with Crippen LogP contribution >= 0.6 is 0 Å². The lowest BCUT2D eigenvalue weighted by Crippen LogP contribution is -2.08. The Morgan fingerprint density at radius 2 is 1.95 bits per heavy atom. The van der Waals surface area contributed by atoms with Crippen molar-refractivity contribution in [1.82, 2.24) is 0 Å². The fourth-order valence-corrected chi connectivity index (χ4v) is 2.63. The van der Waals surface area contributed by atoms with Gasteiger partial charge < -0.3 is 4.74 Å². The first-order valence-electron chi connectivity index (χ1n) is 7.86. The van der Waals surface area contributed by atoms with Crippen LogP contribution in [0.4, 0.5) is 0 Å². The van der Waals surface area contributed by atoms with Crippen molar-refractivity contribution in [3.05, 3.63) is 64.8 Å². The number of rotatable bonds is 4. The maximum Gasteiger partial charge on any atom is 0.334 e. The van der Waals surface area contributed by atoms with Gasteiger partial charge in [-0.1, -0.05) is 59.7 Å². The predicted octanol–water partition coefficient (Wildman–Crippen LogP) is 4.94. The highest BCUT2D eigenvalue weighted by atomic mass is 16.5. The third-order valence-electron chi connectivity index (χ3n) is 4.01. The van der Waals surface area contributed by atoms with Gasteiger partial charge >= 0.3 is 5.97 Å². The molecule has 0 heterocycles. The van der Waals surface area contributed by atoms with Gasteiger partial charge in [-0.2, -0.15) is 0 Å². The molecule has 2 nitrogen and oxygen atoms in total. The van der Waals surface area contributed by atoms with Crippen molar-refractivity contribution in [3.8, 4) is 0 Å². The molecule has 2 heteroatoms. The Kier molecular flexibility index (Phi) is 5.76. The highest BCUT2D eigenvalue weighted by Crippen LogP contribution is 2.28. The van der Waals surface area contributed by atoms with E-state index in [0.29, 0.717) is 13.0 Å². The molecule has 0 saturated heterocycles. The number of ether oxygens (including phenoxy) is 1. The van der Waals surface area contributed by atoms with Gasteiger partial charge in [0.1, 0.15) is 0 Å². The number of carbonyl (C=O) groups excluding carboxylic acids is 1. The average molecular weight is 296 g/mol. The van der Waals surface area contributed by atoms with Crippen LogP contribution in [0.2, 0.25) is 0 Å². The lowest BCUT2D eigenvalue weighted by molar-refractivity contribution is -0.138. The van der Waals surface area contributed by atoms with Gasteiger partial charge in [0.25, 0.3) is 0 Å². The van der Waals surface area contributed by atoms with Gasteiger partial charge in [-0.3, -0.25) is 0 Å². The molecule has 1 aliphatic rings. The summed E-state index contributed by atoms with van der Waals surface area (Å²) in [5.41, 5.74) is 4.59. The van der Waals surface area contributed by atoms with Crippen LogP contribution in [0.15, 0.2) is 59.2 Å². The predicted molar refractivity (Wildman–Crippen MR) is 91.3 cm³/mol. The minimum atomic E-state index is -0.185. The van der Waals surface area contributed by atoms with Crippen molar-refractivity contribution in [1.29, 1.82) is 0 Å². The Labute approximate surface area is 133 Å². The Hall–Kier alpha value is -2.09. The summed E-state index contributed by atoms with van der Waals surface area (Å²) in [6.07, 6.45) is 8.02. The third-order valence-corrected chi connectivity index (χ3v) is 4.01. The van der Waals surface area contributed by atoms with Gasteiger partial charge in [-0.25, -0.2) is 4.79 Å². The minimum Gasteiger partial charge on any atom is -0.463 e. The van der Waals surface area contributed by atoms with Gasteiger partial charge in [-0.05, 0) is 38.7 Å². The Bertz CT molecular complexity index is 606. The van der Waals surface area contributed by atoms with E-state index < -0.39 is 0 Å². The molecule has 0 fully saturated rings. The maximum absolute atomic E-state index is 12.1. The van der Waals surface area contributed by atoms with Gasteiger partial charge in [-0.15, -0.1) is 0 Å². The summed E-state index contributed by atoms with van der Waals surface area (Å²) in [6.45, 7) is 6.52. The highest BCUT2D eigenvalue weighted by molar-refractivity contribution is 5.89. The zero-order valence-electron chi connectivity index (χ0n) is 13.6. The molecule has 0 aromatic heterocycles. The summed E-state index contributed by atoms with van der Waals surface area (Å²) < 4.78 is 5.18. The van der Waals surface area contributed by atoms with E-state index in [1.807, 2.05) is 25.1 Å². The van der Waals surface area contributed by atoms with Crippen molar-refractivity contribution in [2.75, 3.05) is 6.61 Å². The topological polar surface area (TPSA) is 26.3 Å². The molecule has 2 rings (SSSR count). The second kappa shape index (κ2) is 7.79. The number of carbonyl (C=O) groups is 1. The summed E-state index contributed by atoms with van der Waals surface area (Å²) in [6, 6.07) is 10.2.